The summed E-state index contributed by atoms with van der Waals surface area (Å²) in [6.07, 6.45) is 2.01. The Balaban J connectivity index is 1.76. The minimum Gasteiger partial charge on any atom is -0.442 e. The Kier molecular flexibility index (Phi) is 5.40. The number of thiophene rings is 1. The molecule has 0 radical (unpaired) electrons. The Bertz CT molecular complexity index is 769. The molecule has 124 valence electrons. The molecule has 3 rings (SSSR count). The van der Waals surface area contributed by atoms with Crippen LogP contribution in [0.1, 0.15) is 16.1 Å². The van der Waals surface area contributed by atoms with Crippen molar-refractivity contribution in [1.29, 1.82) is 0 Å². The lowest BCUT2D eigenvalue weighted by Gasteiger charge is -2.21. The summed E-state index contributed by atoms with van der Waals surface area (Å²) in [5, 5.41) is 11.2. The average molecular weight is 342 g/mol. The summed E-state index contributed by atoms with van der Waals surface area (Å²) in [6.45, 7) is 0.690. The van der Waals surface area contributed by atoms with E-state index in [-0.39, 0.29) is 19.1 Å². The van der Waals surface area contributed by atoms with Gasteiger partial charge in [0.15, 0.2) is 17.8 Å². The van der Waals surface area contributed by atoms with E-state index in [2.05, 4.69) is 4.98 Å². The van der Waals surface area contributed by atoms with Crippen molar-refractivity contribution in [3.63, 3.8) is 0 Å². The zero-order valence-electron chi connectivity index (χ0n) is 13.1. The molecule has 2 aromatic heterocycles. The second kappa shape index (κ2) is 7.90. The Hall–Kier alpha value is -2.44. The highest BCUT2D eigenvalue weighted by Crippen LogP contribution is 2.28. The van der Waals surface area contributed by atoms with E-state index in [1.807, 2.05) is 47.8 Å². The number of amides is 1. The van der Waals surface area contributed by atoms with Crippen molar-refractivity contribution in [2.24, 2.45) is 0 Å². The highest BCUT2D eigenvalue weighted by Gasteiger charge is 2.23. The Labute approximate surface area is 144 Å². The Morgan fingerprint density at radius 1 is 1.17 bits per heavy atom. The van der Waals surface area contributed by atoms with Crippen molar-refractivity contribution in [1.82, 2.24) is 9.88 Å². The molecule has 6 heteroatoms. The standard InChI is InChI=1S/C18H18N2O3S/c21-11-10-20(9-8-14-5-2-1-3-6-14)18(22)16-17(23-13-19-16)15-7-4-12-24-15/h1-7,12-13,21H,8-11H2. The summed E-state index contributed by atoms with van der Waals surface area (Å²) < 4.78 is 5.41. The second-order valence-electron chi connectivity index (χ2n) is 5.26. The number of aromatic nitrogens is 1. The van der Waals surface area contributed by atoms with Crippen molar-refractivity contribution >= 4 is 17.2 Å². The second-order valence-corrected chi connectivity index (χ2v) is 6.21. The zero-order chi connectivity index (χ0) is 16.8. The molecular weight excluding hydrogens is 324 g/mol. The van der Waals surface area contributed by atoms with Crippen LogP contribution in [0.5, 0.6) is 0 Å². The lowest BCUT2D eigenvalue weighted by molar-refractivity contribution is 0.0719. The molecule has 0 aliphatic rings. The van der Waals surface area contributed by atoms with Gasteiger partial charge >= 0.3 is 0 Å². The molecule has 5 nitrogen and oxygen atoms in total. The van der Waals surface area contributed by atoms with Crippen LogP contribution < -0.4 is 0 Å². The summed E-state index contributed by atoms with van der Waals surface area (Å²) in [5.41, 5.74) is 1.44. The van der Waals surface area contributed by atoms with E-state index in [0.29, 0.717) is 18.0 Å². The van der Waals surface area contributed by atoms with Gasteiger partial charge in [-0.15, -0.1) is 11.3 Å². The normalized spacial score (nSPS) is 10.7. The highest BCUT2D eigenvalue weighted by molar-refractivity contribution is 7.13. The maximum absolute atomic E-state index is 12.8. The summed E-state index contributed by atoms with van der Waals surface area (Å²) >= 11 is 1.49. The van der Waals surface area contributed by atoms with Crippen LogP contribution in [-0.2, 0) is 6.42 Å². The first-order valence-electron chi connectivity index (χ1n) is 7.71. The van der Waals surface area contributed by atoms with Crippen LogP contribution in [0, 0.1) is 0 Å². The first-order chi connectivity index (χ1) is 11.8. The van der Waals surface area contributed by atoms with Gasteiger partial charge in [0.1, 0.15) is 0 Å². The monoisotopic (exact) mass is 342 g/mol. The van der Waals surface area contributed by atoms with E-state index >= 15 is 0 Å². The highest BCUT2D eigenvalue weighted by atomic mass is 32.1. The van der Waals surface area contributed by atoms with Gasteiger partial charge in [-0.1, -0.05) is 36.4 Å². The van der Waals surface area contributed by atoms with Gasteiger partial charge in [-0.3, -0.25) is 4.79 Å². The smallest absolute Gasteiger partial charge is 0.276 e. The Morgan fingerprint density at radius 2 is 2.00 bits per heavy atom. The zero-order valence-corrected chi connectivity index (χ0v) is 13.9. The van der Waals surface area contributed by atoms with Crippen molar-refractivity contribution in [2.45, 2.75) is 6.42 Å². The first kappa shape index (κ1) is 16.4. The molecule has 0 saturated carbocycles. The molecule has 0 bridgehead atoms. The number of hydrogen-bond acceptors (Lipinski definition) is 5. The molecule has 0 spiro atoms. The van der Waals surface area contributed by atoms with Crippen LogP contribution in [0.3, 0.4) is 0 Å². The van der Waals surface area contributed by atoms with Crippen LogP contribution in [0.4, 0.5) is 0 Å². The molecule has 0 aliphatic heterocycles. The lowest BCUT2D eigenvalue weighted by Crippen LogP contribution is -2.35. The third kappa shape index (κ3) is 3.72. The van der Waals surface area contributed by atoms with Gasteiger partial charge in [0.05, 0.1) is 11.5 Å². The summed E-state index contributed by atoms with van der Waals surface area (Å²) in [4.78, 5) is 19.4. The molecule has 2 heterocycles. The van der Waals surface area contributed by atoms with Gasteiger partial charge in [0.25, 0.3) is 5.91 Å². The maximum atomic E-state index is 12.8. The molecule has 0 saturated heterocycles. The van der Waals surface area contributed by atoms with Gasteiger partial charge in [-0.2, -0.15) is 0 Å². The number of nitrogens with zero attached hydrogens (tertiary/aromatic N) is 2. The van der Waals surface area contributed by atoms with Gasteiger partial charge in [-0.25, -0.2) is 4.98 Å². The fourth-order valence-electron chi connectivity index (χ4n) is 2.48. The average Bonchev–Trinajstić information content (AvgIpc) is 3.29. The minimum absolute atomic E-state index is 0.0906. The fraction of sp³-hybridized carbons (Fsp3) is 0.222. The first-order valence-corrected chi connectivity index (χ1v) is 8.59. The molecule has 1 aromatic carbocycles. The van der Waals surface area contributed by atoms with E-state index in [9.17, 15) is 9.90 Å². The molecule has 3 aromatic rings. The number of aliphatic hydroxyl groups excluding tert-OH is 1. The molecule has 1 amide bonds. The van der Waals surface area contributed by atoms with Gasteiger partial charge < -0.3 is 14.4 Å². The van der Waals surface area contributed by atoms with Crippen molar-refractivity contribution in [3.05, 3.63) is 65.5 Å². The van der Waals surface area contributed by atoms with Gasteiger partial charge in [-0.05, 0) is 23.4 Å². The number of carbonyl (C=O) groups excluding carboxylic acids is 1. The fourth-order valence-corrected chi connectivity index (χ4v) is 3.19. The molecule has 0 atom stereocenters. The number of hydrogen-bond donors (Lipinski definition) is 1. The molecule has 0 unspecified atom stereocenters. The SMILES string of the molecule is O=C(c1ncoc1-c1cccs1)N(CCO)CCc1ccccc1. The predicted octanol–water partition coefficient (Wildman–Crippen LogP) is 3.08. The van der Waals surface area contributed by atoms with Crippen molar-refractivity contribution < 1.29 is 14.3 Å². The third-order valence-corrected chi connectivity index (χ3v) is 4.55. The van der Waals surface area contributed by atoms with E-state index in [1.165, 1.54) is 17.7 Å². The predicted molar refractivity (Wildman–Crippen MR) is 93.0 cm³/mol. The van der Waals surface area contributed by atoms with E-state index in [1.54, 1.807) is 4.90 Å². The molecule has 0 aliphatic carbocycles. The number of rotatable bonds is 7. The molecular formula is C18H18N2O3S. The van der Waals surface area contributed by atoms with Crippen LogP contribution in [0.2, 0.25) is 0 Å². The van der Waals surface area contributed by atoms with E-state index in [4.69, 9.17) is 4.42 Å². The molecule has 24 heavy (non-hydrogen) atoms. The maximum Gasteiger partial charge on any atom is 0.276 e. The number of carbonyl (C=O) groups is 1. The molecule has 1 N–H and O–H groups in total. The minimum atomic E-state index is -0.225. The number of benzene rings is 1. The lowest BCUT2D eigenvalue weighted by atomic mass is 10.1. The van der Waals surface area contributed by atoms with E-state index < -0.39 is 0 Å². The van der Waals surface area contributed by atoms with Gasteiger partial charge in [0.2, 0.25) is 0 Å². The van der Waals surface area contributed by atoms with Crippen LogP contribution in [0.15, 0.2) is 58.7 Å². The van der Waals surface area contributed by atoms with E-state index in [0.717, 1.165) is 16.9 Å². The molecule has 0 fully saturated rings. The third-order valence-electron chi connectivity index (χ3n) is 3.69. The van der Waals surface area contributed by atoms with Crippen LogP contribution in [-0.4, -0.2) is 40.6 Å². The summed E-state index contributed by atoms with van der Waals surface area (Å²) in [6, 6.07) is 13.7. The van der Waals surface area contributed by atoms with Crippen molar-refractivity contribution in [3.8, 4) is 10.6 Å². The van der Waals surface area contributed by atoms with Crippen LogP contribution in [0.25, 0.3) is 10.6 Å². The summed E-state index contributed by atoms with van der Waals surface area (Å²) in [5.74, 6) is 0.259. The largest absolute Gasteiger partial charge is 0.442 e. The number of aliphatic hydroxyl groups is 1. The topological polar surface area (TPSA) is 66.6 Å². The quantitative estimate of drug-likeness (QED) is 0.716. The van der Waals surface area contributed by atoms with Crippen LogP contribution >= 0.6 is 11.3 Å². The Morgan fingerprint density at radius 3 is 2.71 bits per heavy atom. The summed E-state index contributed by atoms with van der Waals surface area (Å²) in [7, 11) is 0. The van der Waals surface area contributed by atoms with Crippen molar-refractivity contribution in [2.75, 3.05) is 19.7 Å². The number of oxazole rings is 1. The van der Waals surface area contributed by atoms with Gasteiger partial charge in [0, 0.05) is 13.1 Å².